The summed E-state index contributed by atoms with van der Waals surface area (Å²) >= 11 is 0. The van der Waals surface area contributed by atoms with Crippen LogP contribution >= 0.6 is 0 Å². The van der Waals surface area contributed by atoms with Crippen LogP contribution in [0.1, 0.15) is 24.3 Å². The molecule has 2 aliphatic rings. The number of piperazine rings is 1. The molecule has 3 heterocycles. The molecule has 1 atom stereocenters. The van der Waals surface area contributed by atoms with Crippen LogP contribution in [-0.4, -0.2) is 59.6 Å². The lowest BCUT2D eigenvalue weighted by Crippen LogP contribution is -2.52. The largest absolute Gasteiger partial charge is 0.361 e. The smallest absolute Gasteiger partial charge is 0.239 e. The summed E-state index contributed by atoms with van der Waals surface area (Å²) in [5.74, 6) is 1.13. The number of aryl methyl sites for hydroxylation is 1. The third kappa shape index (κ3) is 3.02. The fourth-order valence-corrected chi connectivity index (χ4v) is 2.96. The van der Waals surface area contributed by atoms with Crippen LogP contribution in [0.2, 0.25) is 0 Å². The Bertz CT molecular complexity index is 459. The van der Waals surface area contributed by atoms with Crippen LogP contribution in [0.5, 0.6) is 0 Å². The summed E-state index contributed by atoms with van der Waals surface area (Å²) in [4.78, 5) is 16.6. The maximum Gasteiger partial charge on any atom is 0.239 e. The number of carbonyl (C=O) groups is 1. The second-order valence-electron chi connectivity index (χ2n) is 5.68. The predicted octanol–water partition coefficient (Wildman–Crippen LogP) is 0.379. The van der Waals surface area contributed by atoms with Gasteiger partial charge in [0.25, 0.3) is 0 Å². The van der Waals surface area contributed by atoms with Gasteiger partial charge in [-0.2, -0.15) is 0 Å². The Hall–Kier alpha value is -1.40. The molecule has 2 aliphatic heterocycles. The summed E-state index contributed by atoms with van der Waals surface area (Å²) in [7, 11) is 0. The Morgan fingerprint density at radius 3 is 2.85 bits per heavy atom. The second kappa shape index (κ2) is 5.93. The highest BCUT2D eigenvalue weighted by molar-refractivity contribution is 5.82. The molecule has 20 heavy (non-hydrogen) atoms. The van der Waals surface area contributed by atoms with Crippen molar-refractivity contribution in [2.24, 2.45) is 0 Å². The maximum atomic E-state index is 12.3. The number of carbonyl (C=O) groups excluding carboxylic acids is 1. The van der Waals surface area contributed by atoms with Crippen molar-refractivity contribution in [2.45, 2.75) is 32.4 Å². The highest BCUT2D eigenvalue weighted by atomic mass is 16.5. The normalized spacial score (nSPS) is 24.2. The molecular formula is C14H22N4O2. The average Bonchev–Trinajstić information content (AvgIpc) is 3.11. The molecule has 3 rings (SSSR count). The third-order valence-electron chi connectivity index (χ3n) is 4.10. The van der Waals surface area contributed by atoms with Gasteiger partial charge in [0.15, 0.2) is 0 Å². The van der Waals surface area contributed by atoms with Gasteiger partial charge in [-0.05, 0) is 26.3 Å². The van der Waals surface area contributed by atoms with E-state index in [1.54, 1.807) is 0 Å². The van der Waals surface area contributed by atoms with Crippen molar-refractivity contribution in [3.8, 4) is 0 Å². The van der Waals surface area contributed by atoms with Crippen LogP contribution in [0.15, 0.2) is 10.6 Å². The molecule has 2 saturated heterocycles. The van der Waals surface area contributed by atoms with Crippen molar-refractivity contribution in [1.29, 1.82) is 0 Å². The zero-order chi connectivity index (χ0) is 13.9. The van der Waals surface area contributed by atoms with E-state index in [4.69, 9.17) is 4.52 Å². The number of hydrogen-bond acceptors (Lipinski definition) is 5. The lowest BCUT2D eigenvalue weighted by atomic mass is 10.2. The molecule has 0 spiro atoms. The molecule has 6 nitrogen and oxygen atoms in total. The van der Waals surface area contributed by atoms with Gasteiger partial charge in [0, 0.05) is 38.8 Å². The number of amides is 1. The number of nitrogens with zero attached hydrogens (tertiary/aromatic N) is 3. The first kappa shape index (κ1) is 13.6. The number of nitrogens with one attached hydrogen (secondary N) is 1. The number of hydrogen-bond donors (Lipinski definition) is 1. The van der Waals surface area contributed by atoms with Gasteiger partial charge in [0.05, 0.1) is 11.7 Å². The molecule has 110 valence electrons. The first-order valence-corrected chi connectivity index (χ1v) is 7.39. The third-order valence-corrected chi connectivity index (χ3v) is 4.10. The van der Waals surface area contributed by atoms with Crippen molar-refractivity contribution in [3.05, 3.63) is 17.5 Å². The molecule has 1 aromatic heterocycles. The molecule has 0 aliphatic carbocycles. The van der Waals surface area contributed by atoms with Crippen molar-refractivity contribution in [2.75, 3.05) is 32.7 Å². The van der Waals surface area contributed by atoms with E-state index in [2.05, 4.69) is 15.4 Å². The van der Waals surface area contributed by atoms with E-state index >= 15 is 0 Å². The van der Waals surface area contributed by atoms with Crippen LogP contribution in [0.25, 0.3) is 0 Å². The Kier molecular flexibility index (Phi) is 4.03. The minimum Gasteiger partial charge on any atom is -0.361 e. The van der Waals surface area contributed by atoms with Gasteiger partial charge >= 0.3 is 0 Å². The zero-order valence-electron chi connectivity index (χ0n) is 12.0. The van der Waals surface area contributed by atoms with E-state index in [1.165, 1.54) is 0 Å². The van der Waals surface area contributed by atoms with E-state index in [9.17, 15) is 4.79 Å². The molecule has 0 radical (unpaired) electrons. The summed E-state index contributed by atoms with van der Waals surface area (Å²) in [5.41, 5.74) is 0.972. The Morgan fingerprint density at radius 2 is 2.25 bits per heavy atom. The zero-order valence-corrected chi connectivity index (χ0v) is 12.0. The van der Waals surface area contributed by atoms with E-state index in [-0.39, 0.29) is 11.9 Å². The number of rotatable bonds is 3. The van der Waals surface area contributed by atoms with Crippen LogP contribution < -0.4 is 5.32 Å². The summed E-state index contributed by atoms with van der Waals surface area (Å²) in [5, 5.41) is 7.30. The monoisotopic (exact) mass is 278 g/mol. The average molecular weight is 278 g/mol. The topological polar surface area (TPSA) is 61.6 Å². The Morgan fingerprint density at radius 1 is 1.45 bits per heavy atom. The standard InChI is InChI=1S/C14H22N4O2/c1-11-9-12(16-20-11)10-17-5-7-18(8-6-17)14(19)13-3-2-4-15-13/h9,13,15H,2-8,10H2,1H3. The lowest BCUT2D eigenvalue weighted by molar-refractivity contribution is -0.134. The fourth-order valence-electron chi connectivity index (χ4n) is 2.96. The van der Waals surface area contributed by atoms with Crippen LogP contribution in [-0.2, 0) is 11.3 Å². The van der Waals surface area contributed by atoms with Crippen LogP contribution in [0, 0.1) is 6.92 Å². The molecule has 1 unspecified atom stereocenters. The Balaban J connectivity index is 1.48. The highest BCUT2D eigenvalue weighted by Crippen LogP contribution is 2.13. The molecular weight excluding hydrogens is 256 g/mol. The van der Waals surface area contributed by atoms with E-state index < -0.39 is 0 Å². The Labute approximate surface area is 119 Å². The second-order valence-corrected chi connectivity index (χ2v) is 5.68. The van der Waals surface area contributed by atoms with Crippen molar-refractivity contribution >= 4 is 5.91 Å². The highest BCUT2D eigenvalue weighted by Gasteiger charge is 2.29. The SMILES string of the molecule is Cc1cc(CN2CCN(C(=O)C3CCCN3)CC2)no1. The van der Waals surface area contributed by atoms with Gasteiger partial charge in [-0.3, -0.25) is 9.69 Å². The molecule has 0 bridgehead atoms. The lowest BCUT2D eigenvalue weighted by Gasteiger charge is -2.35. The molecule has 1 amide bonds. The van der Waals surface area contributed by atoms with Gasteiger partial charge in [-0.15, -0.1) is 0 Å². The van der Waals surface area contributed by atoms with E-state index in [0.717, 1.165) is 63.6 Å². The first-order chi connectivity index (χ1) is 9.72. The van der Waals surface area contributed by atoms with Crippen LogP contribution in [0.4, 0.5) is 0 Å². The quantitative estimate of drug-likeness (QED) is 0.866. The molecule has 0 saturated carbocycles. The van der Waals surface area contributed by atoms with Crippen molar-refractivity contribution in [1.82, 2.24) is 20.3 Å². The van der Waals surface area contributed by atoms with E-state index in [0.29, 0.717) is 0 Å². The van der Waals surface area contributed by atoms with Gasteiger partial charge in [-0.25, -0.2) is 0 Å². The summed E-state index contributed by atoms with van der Waals surface area (Å²) in [6.07, 6.45) is 2.10. The van der Waals surface area contributed by atoms with Gasteiger partial charge in [0.2, 0.25) is 5.91 Å². The maximum absolute atomic E-state index is 12.3. The summed E-state index contributed by atoms with van der Waals surface area (Å²) < 4.78 is 5.08. The molecule has 6 heteroatoms. The number of aromatic nitrogens is 1. The van der Waals surface area contributed by atoms with Gasteiger partial charge in [-0.1, -0.05) is 5.16 Å². The van der Waals surface area contributed by atoms with E-state index in [1.807, 2.05) is 17.9 Å². The molecule has 1 aromatic rings. The molecule has 2 fully saturated rings. The predicted molar refractivity (Wildman–Crippen MR) is 74.1 cm³/mol. The van der Waals surface area contributed by atoms with Crippen molar-refractivity contribution in [3.63, 3.8) is 0 Å². The van der Waals surface area contributed by atoms with Crippen molar-refractivity contribution < 1.29 is 9.32 Å². The summed E-state index contributed by atoms with van der Waals surface area (Å²) in [6.45, 7) is 7.13. The molecule has 0 aromatic carbocycles. The van der Waals surface area contributed by atoms with Crippen LogP contribution in [0.3, 0.4) is 0 Å². The fraction of sp³-hybridized carbons (Fsp3) is 0.714. The first-order valence-electron chi connectivity index (χ1n) is 7.39. The minimum absolute atomic E-state index is 0.0553. The molecule has 1 N–H and O–H groups in total. The summed E-state index contributed by atoms with van der Waals surface area (Å²) in [6, 6.07) is 2.03. The van der Waals surface area contributed by atoms with Gasteiger partial charge in [0.1, 0.15) is 5.76 Å². The minimum atomic E-state index is 0.0553. The van der Waals surface area contributed by atoms with Gasteiger partial charge < -0.3 is 14.7 Å².